The van der Waals surface area contributed by atoms with E-state index < -0.39 is 10.7 Å². The molecular weight excluding hydrogens is 400 g/mol. The van der Waals surface area contributed by atoms with Gasteiger partial charge in [-0.2, -0.15) is 0 Å². The molecule has 0 amide bonds. The number of Topliss-reactive ketones (excluding diaryl/α,β-unsaturated/α-hetero) is 1. The van der Waals surface area contributed by atoms with E-state index in [0.717, 1.165) is 17.3 Å². The number of carbonyl (C=O) groups excluding carboxylic acids is 2. The number of methoxy groups -OCH3 is 1. The van der Waals surface area contributed by atoms with Gasteiger partial charge in [-0.15, -0.1) is 11.6 Å². The lowest BCUT2D eigenvalue weighted by molar-refractivity contribution is -0.147. The molecule has 1 aliphatic rings. The predicted octanol–water partition coefficient (Wildman–Crippen LogP) is 4.25. The number of thioether (sulfide) groups is 1. The summed E-state index contributed by atoms with van der Waals surface area (Å²) in [6.07, 6.45) is 0.791. The maximum Gasteiger partial charge on any atom is 0.330 e. The van der Waals surface area contributed by atoms with Crippen molar-refractivity contribution in [2.24, 2.45) is 0 Å². The number of esters is 1. The van der Waals surface area contributed by atoms with E-state index in [1.165, 1.54) is 7.11 Å². The molecule has 1 unspecified atom stereocenters. The zero-order chi connectivity index (χ0) is 20.0. The molecule has 28 heavy (non-hydrogen) atoms. The molecule has 5 nitrogen and oxygen atoms in total. The third-order valence-electron chi connectivity index (χ3n) is 4.43. The van der Waals surface area contributed by atoms with Crippen molar-refractivity contribution in [3.05, 3.63) is 54.1 Å². The smallest absolute Gasteiger partial charge is 0.330 e. The Bertz CT molecular complexity index is 842. The fraction of sp³-hybridized carbons (Fsp3) is 0.333. The van der Waals surface area contributed by atoms with Gasteiger partial charge >= 0.3 is 5.97 Å². The molecule has 0 saturated carbocycles. The van der Waals surface area contributed by atoms with E-state index in [-0.39, 0.29) is 18.8 Å². The molecule has 1 aliphatic heterocycles. The van der Waals surface area contributed by atoms with Crippen molar-refractivity contribution >= 4 is 35.1 Å². The molecule has 0 N–H and O–H groups in total. The highest BCUT2D eigenvalue weighted by Crippen LogP contribution is 2.46. The van der Waals surface area contributed by atoms with E-state index in [4.69, 9.17) is 25.8 Å². The number of hydrogen-bond donors (Lipinski definition) is 0. The van der Waals surface area contributed by atoms with E-state index in [9.17, 15) is 9.59 Å². The van der Waals surface area contributed by atoms with Gasteiger partial charge in [-0.25, -0.2) is 0 Å². The fourth-order valence-electron chi connectivity index (χ4n) is 2.95. The van der Waals surface area contributed by atoms with E-state index in [1.54, 1.807) is 18.2 Å². The molecule has 0 saturated heterocycles. The molecule has 2 aromatic carbocycles. The van der Waals surface area contributed by atoms with Gasteiger partial charge in [0.2, 0.25) is 0 Å². The minimum Gasteiger partial charge on any atom is -0.489 e. The van der Waals surface area contributed by atoms with Gasteiger partial charge in [-0.1, -0.05) is 42.1 Å². The maximum absolute atomic E-state index is 12.8. The number of hydrogen-bond acceptors (Lipinski definition) is 6. The number of ketones is 1. The molecule has 1 atom stereocenters. The van der Waals surface area contributed by atoms with Crippen LogP contribution in [0, 0.1) is 0 Å². The number of ether oxygens (including phenoxy) is 3. The second-order valence-electron chi connectivity index (χ2n) is 6.31. The molecule has 0 radical (unpaired) electrons. The normalized spacial score (nSPS) is 18.6. The van der Waals surface area contributed by atoms with Crippen LogP contribution in [0.4, 0.5) is 0 Å². The fourth-order valence-corrected chi connectivity index (χ4v) is 4.45. The summed E-state index contributed by atoms with van der Waals surface area (Å²) in [7, 11) is 1.28. The standard InChI is InChI=1S/C21H21ClO5S/c1-25-20(24)21(10-5-11-22)19(23)14-27-17-9-8-16(12-18(17)28-21)26-13-15-6-3-2-4-7-15/h2-4,6-9,12H,5,10-11,13-14H2,1H3. The van der Waals surface area contributed by atoms with Crippen molar-refractivity contribution in [3.8, 4) is 11.5 Å². The topological polar surface area (TPSA) is 61.8 Å². The first-order chi connectivity index (χ1) is 13.6. The zero-order valence-corrected chi connectivity index (χ0v) is 17.1. The summed E-state index contributed by atoms with van der Waals surface area (Å²) in [5.74, 6) is 0.615. The summed E-state index contributed by atoms with van der Waals surface area (Å²) in [5, 5.41) is 0. The number of halogens is 1. The first-order valence-corrected chi connectivity index (χ1v) is 10.2. The van der Waals surface area contributed by atoms with Gasteiger partial charge in [-0.3, -0.25) is 9.59 Å². The second kappa shape index (κ2) is 9.34. The van der Waals surface area contributed by atoms with Crippen LogP contribution in [0.1, 0.15) is 18.4 Å². The molecule has 0 aromatic heterocycles. The summed E-state index contributed by atoms with van der Waals surface area (Å²) in [4.78, 5) is 26.0. The first-order valence-electron chi connectivity index (χ1n) is 8.89. The van der Waals surface area contributed by atoms with Crippen LogP contribution in [0.25, 0.3) is 0 Å². The lowest BCUT2D eigenvalue weighted by atomic mass is 9.97. The summed E-state index contributed by atoms with van der Waals surface area (Å²) in [6.45, 7) is 0.222. The molecule has 0 fully saturated rings. The number of carbonyl (C=O) groups is 2. The van der Waals surface area contributed by atoms with Crippen molar-refractivity contribution < 1.29 is 23.8 Å². The third kappa shape index (κ3) is 4.45. The SMILES string of the molecule is COC(=O)C1(CCCCl)Sc2cc(OCc3ccccc3)ccc2OCC1=O. The Morgan fingerprint density at radius 1 is 1.25 bits per heavy atom. The number of benzene rings is 2. The van der Waals surface area contributed by atoms with Crippen molar-refractivity contribution in [2.45, 2.75) is 29.1 Å². The maximum atomic E-state index is 12.8. The van der Waals surface area contributed by atoms with Crippen LogP contribution in [0.15, 0.2) is 53.4 Å². The monoisotopic (exact) mass is 420 g/mol. The van der Waals surface area contributed by atoms with Crippen molar-refractivity contribution in [1.29, 1.82) is 0 Å². The lowest BCUT2D eigenvalue weighted by Crippen LogP contribution is -2.46. The number of rotatable bonds is 7. The lowest BCUT2D eigenvalue weighted by Gasteiger charge is -2.26. The van der Waals surface area contributed by atoms with Crippen LogP contribution in [0.5, 0.6) is 11.5 Å². The Labute approximate surface area is 173 Å². The Balaban J connectivity index is 1.87. The Kier molecular flexibility index (Phi) is 6.86. The first kappa shape index (κ1) is 20.6. The van der Waals surface area contributed by atoms with Gasteiger partial charge in [0.1, 0.15) is 24.7 Å². The minimum absolute atomic E-state index is 0.193. The van der Waals surface area contributed by atoms with Crippen LogP contribution in [-0.2, 0) is 20.9 Å². The summed E-state index contributed by atoms with van der Waals surface area (Å²) in [6, 6.07) is 15.1. The average molecular weight is 421 g/mol. The summed E-state index contributed by atoms with van der Waals surface area (Å²) >= 11 is 6.97. The van der Waals surface area contributed by atoms with Crippen LogP contribution in [0.3, 0.4) is 0 Å². The predicted molar refractivity (Wildman–Crippen MR) is 108 cm³/mol. The molecular formula is C21H21ClO5S. The number of alkyl halides is 1. The van der Waals surface area contributed by atoms with Gasteiger partial charge in [0.25, 0.3) is 0 Å². The third-order valence-corrected chi connectivity index (χ3v) is 6.19. The van der Waals surface area contributed by atoms with Crippen molar-refractivity contribution in [1.82, 2.24) is 0 Å². The summed E-state index contributed by atoms with van der Waals surface area (Å²) in [5.41, 5.74) is 1.04. The molecule has 0 bridgehead atoms. The van der Waals surface area contributed by atoms with Crippen LogP contribution in [0.2, 0.25) is 0 Å². The molecule has 2 aromatic rings. The van der Waals surface area contributed by atoms with Gasteiger partial charge in [0, 0.05) is 5.88 Å². The Hall–Kier alpha value is -2.18. The highest BCUT2D eigenvalue weighted by molar-refractivity contribution is 8.02. The highest BCUT2D eigenvalue weighted by Gasteiger charge is 2.49. The van der Waals surface area contributed by atoms with Gasteiger partial charge < -0.3 is 14.2 Å². The average Bonchev–Trinajstić information content (AvgIpc) is 2.87. The van der Waals surface area contributed by atoms with Gasteiger partial charge in [0.05, 0.1) is 12.0 Å². The van der Waals surface area contributed by atoms with Gasteiger partial charge in [-0.05, 0) is 36.6 Å². The second-order valence-corrected chi connectivity index (χ2v) is 8.03. The van der Waals surface area contributed by atoms with Crippen LogP contribution < -0.4 is 9.47 Å². The zero-order valence-electron chi connectivity index (χ0n) is 15.5. The summed E-state index contributed by atoms with van der Waals surface area (Å²) < 4.78 is 15.1. The van der Waals surface area contributed by atoms with Crippen LogP contribution in [-0.4, -0.2) is 36.1 Å². The van der Waals surface area contributed by atoms with E-state index in [1.807, 2.05) is 30.3 Å². The Morgan fingerprint density at radius 2 is 2.04 bits per heavy atom. The van der Waals surface area contributed by atoms with Crippen molar-refractivity contribution in [3.63, 3.8) is 0 Å². The quantitative estimate of drug-likeness (QED) is 0.379. The van der Waals surface area contributed by atoms with E-state index in [2.05, 4.69) is 0 Å². The van der Waals surface area contributed by atoms with Crippen LogP contribution >= 0.6 is 23.4 Å². The number of fused-ring (bicyclic) bond motifs is 1. The van der Waals surface area contributed by atoms with Gasteiger partial charge in [0.15, 0.2) is 10.5 Å². The highest BCUT2D eigenvalue weighted by atomic mass is 35.5. The molecule has 0 aliphatic carbocycles. The molecule has 7 heteroatoms. The Morgan fingerprint density at radius 3 is 2.75 bits per heavy atom. The molecule has 1 heterocycles. The molecule has 0 spiro atoms. The molecule has 3 rings (SSSR count). The van der Waals surface area contributed by atoms with E-state index in [0.29, 0.717) is 35.3 Å². The minimum atomic E-state index is -1.37. The largest absolute Gasteiger partial charge is 0.489 e. The van der Waals surface area contributed by atoms with Crippen molar-refractivity contribution in [2.75, 3.05) is 19.6 Å². The van der Waals surface area contributed by atoms with E-state index >= 15 is 0 Å². The molecule has 148 valence electrons.